The molecule has 0 aliphatic carbocycles. The van der Waals surface area contributed by atoms with Gasteiger partial charge in [-0.1, -0.05) is 96.4 Å². The van der Waals surface area contributed by atoms with Crippen molar-refractivity contribution >= 4 is 46.8 Å². The third-order valence-electron chi connectivity index (χ3n) is 6.20. The lowest BCUT2D eigenvalue weighted by molar-refractivity contribution is -0.139. The van der Waals surface area contributed by atoms with Gasteiger partial charge >= 0.3 is 0 Å². The van der Waals surface area contributed by atoms with Gasteiger partial charge in [0.05, 0.1) is 5.75 Å². The molecule has 2 amide bonds. The number of nitrogens with zero attached hydrogens (tertiary/aromatic N) is 1. The Hall–Kier alpha value is -2.47. The maximum atomic E-state index is 13.7. The minimum atomic E-state index is -0.685. The van der Waals surface area contributed by atoms with Crippen molar-refractivity contribution in [3.05, 3.63) is 105 Å². The highest BCUT2D eigenvalue weighted by Gasteiger charge is 2.31. The van der Waals surface area contributed by atoms with E-state index in [0.29, 0.717) is 22.2 Å². The molecule has 0 saturated heterocycles. The number of rotatable bonds is 12. The van der Waals surface area contributed by atoms with Gasteiger partial charge in [0.2, 0.25) is 11.8 Å². The van der Waals surface area contributed by atoms with E-state index in [0.717, 1.165) is 17.5 Å². The Kier molecular flexibility index (Phi) is 11.4. The van der Waals surface area contributed by atoms with Gasteiger partial charge in [-0.15, -0.1) is 11.8 Å². The molecule has 0 aromatic heterocycles. The predicted octanol–water partition coefficient (Wildman–Crippen LogP) is 7.09. The predicted molar refractivity (Wildman–Crippen MR) is 156 cm³/mol. The van der Waals surface area contributed by atoms with Crippen LogP contribution >= 0.6 is 35.0 Å². The molecule has 0 heterocycles. The summed E-state index contributed by atoms with van der Waals surface area (Å²) in [5.74, 6) is 0.691. The molecule has 37 heavy (non-hydrogen) atoms. The van der Waals surface area contributed by atoms with Crippen molar-refractivity contribution < 1.29 is 9.59 Å². The maximum absolute atomic E-state index is 13.7. The lowest BCUT2D eigenvalue weighted by Crippen LogP contribution is -2.52. The normalized spacial score (nSPS) is 12.6. The molecule has 3 aromatic carbocycles. The summed E-state index contributed by atoms with van der Waals surface area (Å²) in [5, 5.41) is 4.08. The molecule has 0 saturated carbocycles. The number of nitrogens with one attached hydrogen (secondary N) is 1. The average molecular weight is 558 g/mol. The van der Waals surface area contributed by atoms with Crippen LogP contribution < -0.4 is 5.32 Å². The van der Waals surface area contributed by atoms with Gasteiger partial charge in [-0.2, -0.15) is 0 Å². The van der Waals surface area contributed by atoms with Crippen molar-refractivity contribution in [2.45, 2.75) is 58.0 Å². The van der Waals surface area contributed by atoms with Gasteiger partial charge in [-0.3, -0.25) is 9.59 Å². The lowest BCUT2D eigenvalue weighted by Gasteiger charge is -2.32. The molecule has 2 unspecified atom stereocenters. The molecule has 3 rings (SSSR count). The summed E-state index contributed by atoms with van der Waals surface area (Å²) in [4.78, 5) is 29.0. The van der Waals surface area contributed by atoms with Crippen molar-refractivity contribution in [3.8, 4) is 0 Å². The number of benzene rings is 3. The fourth-order valence-electron chi connectivity index (χ4n) is 3.97. The van der Waals surface area contributed by atoms with Gasteiger partial charge in [0.15, 0.2) is 0 Å². The Labute approximate surface area is 234 Å². The van der Waals surface area contributed by atoms with Gasteiger partial charge in [0.1, 0.15) is 6.04 Å². The van der Waals surface area contributed by atoms with Crippen LogP contribution in [-0.4, -0.2) is 34.6 Å². The molecular formula is C30H34Cl2N2O2S. The zero-order chi connectivity index (χ0) is 26.8. The van der Waals surface area contributed by atoms with Crippen LogP contribution in [-0.2, 0) is 28.3 Å². The van der Waals surface area contributed by atoms with Crippen molar-refractivity contribution in [1.29, 1.82) is 0 Å². The Balaban J connectivity index is 1.89. The quantitative estimate of drug-likeness (QED) is 0.259. The summed E-state index contributed by atoms with van der Waals surface area (Å²) < 4.78 is 0. The molecule has 0 bridgehead atoms. The summed E-state index contributed by atoms with van der Waals surface area (Å²) >= 11 is 14.2. The largest absolute Gasteiger partial charge is 0.352 e. The van der Waals surface area contributed by atoms with Gasteiger partial charge < -0.3 is 10.2 Å². The first-order valence-electron chi connectivity index (χ1n) is 12.5. The fraction of sp³-hybridized carbons (Fsp3) is 0.333. The SMILES string of the molecule is CCC(C)NC(=O)C(Cc1ccccc1)N(Cc1ccc(Cl)cc1Cl)C(=O)CSCc1cccc(C)c1. The zero-order valence-corrected chi connectivity index (χ0v) is 23.9. The second-order valence-corrected chi connectivity index (χ2v) is 11.1. The number of carbonyl (C=O) groups is 2. The number of thioether (sulfide) groups is 1. The number of halogens is 2. The minimum absolute atomic E-state index is 0.00228. The standard InChI is InChI=1S/C30H34Cl2N2O2S/c1-4-22(3)33-30(36)28(16-23-10-6-5-7-11-23)34(18-25-13-14-26(31)17-27(25)32)29(35)20-37-19-24-12-8-9-21(2)15-24/h5-15,17,22,28H,4,16,18-20H2,1-3H3,(H,33,36). The van der Waals surface area contributed by atoms with Crippen LogP contribution in [0.1, 0.15) is 42.5 Å². The van der Waals surface area contributed by atoms with E-state index in [4.69, 9.17) is 23.2 Å². The summed E-state index contributed by atoms with van der Waals surface area (Å²) in [6.45, 7) is 6.26. The molecule has 0 aliphatic heterocycles. The van der Waals surface area contributed by atoms with Crippen molar-refractivity contribution in [2.75, 3.05) is 5.75 Å². The first-order valence-corrected chi connectivity index (χ1v) is 14.4. The van der Waals surface area contributed by atoms with Crippen LogP contribution in [0.2, 0.25) is 10.0 Å². The number of aryl methyl sites for hydroxylation is 1. The van der Waals surface area contributed by atoms with E-state index in [2.05, 4.69) is 30.4 Å². The van der Waals surface area contributed by atoms with Gasteiger partial charge in [0.25, 0.3) is 0 Å². The molecule has 0 spiro atoms. The Morgan fingerprint density at radius 2 is 1.70 bits per heavy atom. The third-order valence-corrected chi connectivity index (χ3v) is 7.78. The number of hydrogen-bond acceptors (Lipinski definition) is 3. The van der Waals surface area contributed by atoms with E-state index in [1.807, 2.05) is 56.3 Å². The highest BCUT2D eigenvalue weighted by atomic mass is 35.5. The first-order chi connectivity index (χ1) is 17.8. The highest BCUT2D eigenvalue weighted by Crippen LogP contribution is 2.25. The second-order valence-electron chi connectivity index (χ2n) is 9.26. The average Bonchev–Trinajstić information content (AvgIpc) is 2.87. The topological polar surface area (TPSA) is 49.4 Å². The number of hydrogen-bond donors (Lipinski definition) is 1. The number of amides is 2. The monoisotopic (exact) mass is 556 g/mol. The van der Waals surface area contributed by atoms with Crippen molar-refractivity contribution in [1.82, 2.24) is 10.2 Å². The molecule has 1 N–H and O–H groups in total. The van der Waals surface area contributed by atoms with Crippen LogP contribution in [0.15, 0.2) is 72.8 Å². The molecule has 2 atom stereocenters. The summed E-state index contributed by atoms with van der Waals surface area (Å²) in [6.07, 6.45) is 1.20. The molecule has 3 aromatic rings. The van der Waals surface area contributed by atoms with E-state index in [1.165, 1.54) is 11.1 Å². The Bertz CT molecular complexity index is 1190. The highest BCUT2D eigenvalue weighted by molar-refractivity contribution is 7.99. The molecule has 196 valence electrons. The number of carbonyl (C=O) groups excluding carboxylic acids is 2. The summed E-state index contributed by atoms with van der Waals surface area (Å²) in [7, 11) is 0. The van der Waals surface area contributed by atoms with Crippen LogP contribution in [0, 0.1) is 6.92 Å². The smallest absolute Gasteiger partial charge is 0.243 e. The van der Waals surface area contributed by atoms with E-state index >= 15 is 0 Å². The van der Waals surface area contributed by atoms with E-state index in [9.17, 15) is 9.59 Å². The molecule has 0 radical (unpaired) electrons. The lowest BCUT2D eigenvalue weighted by atomic mass is 10.0. The first kappa shape index (κ1) is 29.1. The van der Waals surface area contributed by atoms with Gasteiger partial charge in [0, 0.05) is 34.8 Å². The van der Waals surface area contributed by atoms with Crippen LogP contribution in [0.4, 0.5) is 0 Å². The summed E-state index contributed by atoms with van der Waals surface area (Å²) in [5.41, 5.74) is 4.09. The molecular weight excluding hydrogens is 523 g/mol. The van der Waals surface area contributed by atoms with Crippen LogP contribution in [0.3, 0.4) is 0 Å². The molecule has 4 nitrogen and oxygen atoms in total. The Morgan fingerprint density at radius 1 is 0.973 bits per heavy atom. The minimum Gasteiger partial charge on any atom is -0.352 e. The van der Waals surface area contributed by atoms with E-state index < -0.39 is 6.04 Å². The maximum Gasteiger partial charge on any atom is 0.243 e. The molecule has 0 aliphatic rings. The van der Waals surface area contributed by atoms with Gasteiger partial charge in [-0.25, -0.2) is 0 Å². The fourth-order valence-corrected chi connectivity index (χ4v) is 5.30. The Morgan fingerprint density at radius 3 is 2.38 bits per heavy atom. The molecule has 0 fully saturated rings. The summed E-state index contributed by atoms with van der Waals surface area (Å²) in [6, 6.07) is 22.6. The zero-order valence-electron chi connectivity index (χ0n) is 21.5. The molecule has 7 heteroatoms. The van der Waals surface area contributed by atoms with Crippen LogP contribution in [0.5, 0.6) is 0 Å². The van der Waals surface area contributed by atoms with Crippen molar-refractivity contribution in [2.24, 2.45) is 0 Å². The third kappa shape index (κ3) is 9.10. The van der Waals surface area contributed by atoms with Crippen molar-refractivity contribution in [3.63, 3.8) is 0 Å². The second kappa shape index (κ2) is 14.5. The van der Waals surface area contributed by atoms with Crippen LogP contribution in [0.25, 0.3) is 0 Å². The van der Waals surface area contributed by atoms with E-state index in [1.54, 1.807) is 28.8 Å². The van der Waals surface area contributed by atoms with E-state index in [-0.39, 0.29) is 30.2 Å². The van der Waals surface area contributed by atoms with Gasteiger partial charge in [-0.05, 0) is 49.1 Å².